The van der Waals surface area contributed by atoms with Crippen LogP contribution < -0.4 is 5.56 Å². The second-order valence-corrected chi connectivity index (χ2v) is 9.33. The molecule has 1 saturated carbocycles. The van der Waals surface area contributed by atoms with E-state index in [1.165, 1.54) is 12.5 Å². The van der Waals surface area contributed by atoms with Crippen LogP contribution in [0.4, 0.5) is 0 Å². The molecule has 2 saturated heterocycles. The van der Waals surface area contributed by atoms with E-state index in [1.54, 1.807) is 6.07 Å². The summed E-state index contributed by atoms with van der Waals surface area (Å²) in [5, 5.41) is 6.40. The van der Waals surface area contributed by atoms with Gasteiger partial charge in [0.15, 0.2) is 0 Å². The van der Waals surface area contributed by atoms with E-state index in [0.29, 0.717) is 31.2 Å². The molecule has 0 aromatic carbocycles. The maximum Gasteiger partial charge on any atom is 0.264 e. The van der Waals surface area contributed by atoms with Gasteiger partial charge in [0.05, 0.1) is 5.69 Å². The molecular weight excluding hydrogens is 370 g/mol. The van der Waals surface area contributed by atoms with Crippen LogP contribution in [0.1, 0.15) is 31.4 Å². The van der Waals surface area contributed by atoms with Gasteiger partial charge in [-0.1, -0.05) is 6.42 Å². The molecule has 1 N–H and O–H groups in total. The highest BCUT2D eigenvalue weighted by atomic mass is 16.2. The Hall–Kier alpha value is -2.22. The summed E-state index contributed by atoms with van der Waals surface area (Å²) in [7, 11) is 4.13. The monoisotopic (exact) mass is 401 g/mol. The largest absolute Gasteiger partial charge is 0.342 e. The van der Waals surface area contributed by atoms with Crippen LogP contribution in [-0.2, 0) is 16.0 Å². The molecule has 2 atom stereocenters. The van der Waals surface area contributed by atoms with Crippen molar-refractivity contribution in [3.8, 4) is 0 Å². The van der Waals surface area contributed by atoms with Crippen LogP contribution in [0.2, 0.25) is 0 Å². The van der Waals surface area contributed by atoms with Crippen LogP contribution in [0.15, 0.2) is 16.9 Å². The van der Waals surface area contributed by atoms with E-state index in [0.717, 1.165) is 44.7 Å². The predicted octanol–water partition coefficient (Wildman–Crippen LogP) is 0.351. The van der Waals surface area contributed by atoms with Crippen LogP contribution in [0.5, 0.6) is 0 Å². The summed E-state index contributed by atoms with van der Waals surface area (Å²) in [6.45, 7) is 3.85. The molecule has 3 heterocycles. The minimum absolute atomic E-state index is 0.0329. The normalized spacial score (nSPS) is 26.7. The molecule has 3 aliphatic rings. The number of likely N-dealkylation sites (tertiary alicyclic amines) is 2. The van der Waals surface area contributed by atoms with E-state index in [-0.39, 0.29) is 22.8 Å². The van der Waals surface area contributed by atoms with Crippen LogP contribution in [0.3, 0.4) is 0 Å². The predicted molar refractivity (Wildman–Crippen MR) is 108 cm³/mol. The highest BCUT2D eigenvalue weighted by Crippen LogP contribution is 2.44. The lowest BCUT2D eigenvalue weighted by molar-refractivity contribution is -0.138. The summed E-state index contributed by atoms with van der Waals surface area (Å²) in [6, 6.07) is 3.11. The number of carbonyl (C=O) groups excluding carboxylic acids is 2. The Balaban J connectivity index is 1.39. The van der Waals surface area contributed by atoms with Crippen molar-refractivity contribution < 1.29 is 9.59 Å². The molecule has 29 heavy (non-hydrogen) atoms. The highest BCUT2D eigenvalue weighted by molar-refractivity contribution is 5.80. The first-order valence-corrected chi connectivity index (χ1v) is 10.6. The van der Waals surface area contributed by atoms with Crippen molar-refractivity contribution in [2.45, 2.75) is 32.1 Å². The fraction of sp³-hybridized carbons (Fsp3) is 0.714. The molecule has 0 unspecified atom stereocenters. The molecule has 2 amide bonds. The number of H-pyrrole nitrogens is 1. The number of hydrogen-bond acceptors (Lipinski definition) is 5. The Kier molecular flexibility index (Phi) is 5.46. The Bertz CT molecular complexity index is 813. The number of aromatic amines is 1. The second-order valence-electron chi connectivity index (χ2n) is 9.33. The molecule has 8 heteroatoms. The molecule has 1 aromatic heterocycles. The summed E-state index contributed by atoms with van der Waals surface area (Å²) in [5.41, 5.74) is 0.450. The lowest BCUT2D eigenvalue weighted by Crippen LogP contribution is -2.45. The Labute approximate surface area is 171 Å². The standard InChI is InChI=1S/C21H31N5O3/c1-24(2)12-21-13-25(19(28)9-7-17-6-8-18(27)23-22-17)10-16(21)11-26(14-21)20(29)15-4-3-5-15/h6,8,15-16H,3-5,7,9-14H2,1-2H3,(H,23,27)/t16-,21+/m0/s1. The van der Waals surface area contributed by atoms with Gasteiger partial charge in [0.1, 0.15) is 0 Å². The van der Waals surface area contributed by atoms with Crippen molar-refractivity contribution in [1.29, 1.82) is 0 Å². The van der Waals surface area contributed by atoms with Crippen molar-refractivity contribution in [2.75, 3.05) is 46.8 Å². The molecule has 0 spiro atoms. The number of aryl methyl sites for hydroxylation is 1. The third kappa shape index (κ3) is 4.08. The Morgan fingerprint density at radius 1 is 1.21 bits per heavy atom. The first kappa shape index (κ1) is 20.1. The van der Waals surface area contributed by atoms with Gasteiger partial charge in [-0.3, -0.25) is 14.4 Å². The van der Waals surface area contributed by atoms with Gasteiger partial charge in [-0.05, 0) is 33.0 Å². The van der Waals surface area contributed by atoms with Gasteiger partial charge in [-0.15, -0.1) is 0 Å². The minimum atomic E-state index is -0.237. The molecule has 1 aromatic rings. The van der Waals surface area contributed by atoms with Gasteiger partial charge in [-0.25, -0.2) is 5.10 Å². The molecule has 158 valence electrons. The Morgan fingerprint density at radius 3 is 2.55 bits per heavy atom. The van der Waals surface area contributed by atoms with Gasteiger partial charge in [-0.2, -0.15) is 5.10 Å². The van der Waals surface area contributed by atoms with E-state index >= 15 is 0 Å². The molecule has 8 nitrogen and oxygen atoms in total. The number of nitrogens with zero attached hydrogens (tertiary/aromatic N) is 4. The van der Waals surface area contributed by atoms with Crippen molar-refractivity contribution in [2.24, 2.45) is 17.3 Å². The van der Waals surface area contributed by atoms with Gasteiger partial charge in [0, 0.05) is 68.9 Å². The van der Waals surface area contributed by atoms with Gasteiger partial charge < -0.3 is 14.7 Å². The van der Waals surface area contributed by atoms with Crippen molar-refractivity contribution in [1.82, 2.24) is 24.9 Å². The molecule has 2 aliphatic heterocycles. The van der Waals surface area contributed by atoms with Gasteiger partial charge >= 0.3 is 0 Å². The maximum absolute atomic E-state index is 12.9. The summed E-state index contributed by atoms with van der Waals surface area (Å²) in [4.78, 5) is 43.0. The highest BCUT2D eigenvalue weighted by Gasteiger charge is 2.55. The fourth-order valence-electron chi connectivity index (χ4n) is 5.21. The zero-order valence-corrected chi connectivity index (χ0v) is 17.4. The molecule has 1 aliphatic carbocycles. The van der Waals surface area contributed by atoms with Crippen molar-refractivity contribution in [3.63, 3.8) is 0 Å². The summed E-state index contributed by atoms with van der Waals surface area (Å²) in [5.74, 6) is 1.02. The number of hydrogen-bond donors (Lipinski definition) is 1. The Morgan fingerprint density at radius 2 is 1.93 bits per heavy atom. The topological polar surface area (TPSA) is 89.6 Å². The summed E-state index contributed by atoms with van der Waals surface area (Å²) < 4.78 is 0. The van der Waals surface area contributed by atoms with Crippen LogP contribution in [0, 0.1) is 17.3 Å². The van der Waals surface area contributed by atoms with E-state index in [9.17, 15) is 14.4 Å². The lowest BCUT2D eigenvalue weighted by atomic mass is 9.80. The smallest absolute Gasteiger partial charge is 0.264 e. The zero-order valence-electron chi connectivity index (χ0n) is 17.4. The van der Waals surface area contributed by atoms with Crippen LogP contribution in [0.25, 0.3) is 0 Å². The van der Waals surface area contributed by atoms with Crippen LogP contribution in [-0.4, -0.2) is 83.5 Å². The molecule has 4 rings (SSSR count). The number of nitrogens with one attached hydrogen (secondary N) is 1. The van der Waals surface area contributed by atoms with E-state index in [1.807, 2.05) is 4.90 Å². The molecule has 3 fully saturated rings. The quantitative estimate of drug-likeness (QED) is 0.743. The van der Waals surface area contributed by atoms with E-state index in [4.69, 9.17) is 0 Å². The van der Waals surface area contributed by atoms with Gasteiger partial charge in [0.25, 0.3) is 5.56 Å². The van der Waals surface area contributed by atoms with Crippen LogP contribution >= 0.6 is 0 Å². The van der Waals surface area contributed by atoms with E-state index in [2.05, 4.69) is 34.1 Å². The third-order valence-corrected chi connectivity index (χ3v) is 6.84. The first-order valence-electron chi connectivity index (χ1n) is 10.6. The number of aromatic nitrogens is 2. The summed E-state index contributed by atoms with van der Waals surface area (Å²) >= 11 is 0. The number of carbonyl (C=O) groups is 2. The first-order chi connectivity index (χ1) is 13.9. The average molecular weight is 402 g/mol. The minimum Gasteiger partial charge on any atom is -0.342 e. The maximum atomic E-state index is 12.9. The van der Waals surface area contributed by atoms with E-state index < -0.39 is 0 Å². The number of amides is 2. The average Bonchev–Trinajstić information content (AvgIpc) is 3.12. The van der Waals surface area contributed by atoms with Crippen molar-refractivity contribution in [3.05, 3.63) is 28.2 Å². The second kappa shape index (κ2) is 7.89. The fourth-order valence-corrected chi connectivity index (χ4v) is 5.21. The zero-order chi connectivity index (χ0) is 20.6. The SMILES string of the molecule is CN(C)C[C@]12CN(C(=O)CCc3ccc(=O)[nH]n3)C[C@H]1CN(C(=O)C1CCC1)C2. The molecule has 0 bridgehead atoms. The number of rotatable bonds is 6. The van der Waals surface area contributed by atoms with Gasteiger partial charge in [0.2, 0.25) is 11.8 Å². The molecular formula is C21H31N5O3. The number of fused-ring (bicyclic) bond motifs is 1. The lowest BCUT2D eigenvalue weighted by Gasteiger charge is -2.34. The third-order valence-electron chi connectivity index (χ3n) is 6.84. The van der Waals surface area contributed by atoms with Crippen molar-refractivity contribution >= 4 is 11.8 Å². The molecule has 0 radical (unpaired) electrons. The summed E-state index contributed by atoms with van der Waals surface area (Å²) in [6.07, 6.45) is 4.13.